The van der Waals surface area contributed by atoms with Gasteiger partial charge in [-0.3, -0.25) is 4.55 Å². The molecular formula is CH4F3GaO3S. The Morgan fingerprint density at radius 1 is 1.22 bits per heavy atom. The van der Waals surface area contributed by atoms with Crippen molar-refractivity contribution in [2.24, 2.45) is 0 Å². The Kier molecular flexibility index (Phi) is 3.95. The van der Waals surface area contributed by atoms with Crippen molar-refractivity contribution in [2.75, 3.05) is 0 Å². The van der Waals surface area contributed by atoms with Gasteiger partial charge in [-0.25, -0.2) is 0 Å². The van der Waals surface area contributed by atoms with Crippen LogP contribution in [0, 0.1) is 0 Å². The zero-order valence-electron chi connectivity index (χ0n) is 3.31. The van der Waals surface area contributed by atoms with Gasteiger partial charge in [-0.1, -0.05) is 0 Å². The van der Waals surface area contributed by atoms with Crippen molar-refractivity contribution in [3.8, 4) is 0 Å². The van der Waals surface area contributed by atoms with Gasteiger partial charge in [-0.2, -0.15) is 21.6 Å². The van der Waals surface area contributed by atoms with Crippen molar-refractivity contribution >= 4 is 29.9 Å². The molecule has 1 N–H and O–H groups in total. The molecule has 0 spiro atoms. The van der Waals surface area contributed by atoms with Crippen molar-refractivity contribution in [1.82, 2.24) is 0 Å². The van der Waals surface area contributed by atoms with E-state index in [1.165, 1.54) is 0 Å². The van der Waals surface area contributed by atoms with Gasteiger partial charge in [-0.15, -0.1) is 0 Å². The fraction of sp³-hybridized carbons (Fsp3) is 1.00. The summed E-state index contributed by atoms with van der Waals surface area (Å²) in [6, 6.07) is 0. The second-order valence-corrected chi connectivity index (χ2v) is 2.33. The molecule has 0 aliphatic heterocycles. The number of hydrogen-bond acceptors (Lipinski definition) is 2. The molecule has 0 amide bonds. The monoisotopic (exact) mass is 222 g/mol. The average Bonchev–Trinajstić information content (AvgIpc) is 1.25. The molecular weight excluding hydrogens is 219 g/mol. The molecule has 56 valence electrons. The number of hydrogen-bond donors (Lipinski definition) is 1. The van der Waals surface area contributed by atoms with Gasteiger partial charge in [0.25, 0.3) is 0 Å². The summed E-state index contributed by atoms with van der Waals surface area (Å²) < 4.78 is 57.5. The molecule has 0 aliphatic carbocycles. The number of rotatable bonds is 0. The summed E-state index contributed by atoms with van der Waals surface area (Å²) in [5, 5.41) is 0. The molecule has 0 atom stereocenters. The molecule has 0 unspecified atom stereocenters. The van der Waals surface area contributed by atoms with E-state index in [1.54, 1.807) is 0 Å². The molecule has 0 heterocycles. The molecule has 8 heteroatoms. The molecule has 9 heavy (non-hydrogen) atoms. The Balaban J connectivity index is 0. The summed E-state index contributed by atoms with van der Waals surface area (Å²) in [7, 11) is -5.84. The van der Waals surface area contributed by atoms with Crippen LogP contribution in [0.25, 0.3) is 0 Å². The fourth-order valence-electron chi connectivity index (χ4n) is 0. The average molecular weight is 223 g/mol. The van der Waals surface area contributed by atoms with Gasteiger partial charge >= 0.3 is 35.4 Å². The van der Waals surface area contributed by atoms with E-state index in [0.29, 0.717) is 0 Å². The third kappa shape index (κ3) is 3.84. The minimum absolute atomic E-state index is 0. The summed E-state index contributed by atoms with van der Waals surface area (Å²) in [4.78, 5) is 0. The third-order valence-corrected chi connectivity index (χ3v) is 0.877. The summed E-state index contributed by atoms with van der Waals surface area (Å²) >= 11 is 0. The molecule has 0 saturated carbocycles. The van der Waals surface area contributed by atoms with Crippen molar-refractivity contribution in [3.05, 3.63) is 0 Å². The topological polar surface area (TPSA) is 54.4 Å². The van der Waals surface area contributed by atoms with Crippen LogP contribution in [0.3, 0.4) is 0 Å². The quantitative estimate of drug-likeness (QED) is 0.332. The Hall–Kier alpha value is 0.336. The van der Waals surface area contributed by atoms with Crippen LogP contribution in [0.15, 0.2) is 0 Å². The van der Waals surface area contributed by atoms with Crippen LogP contribution >= 0.6 is 0 Å². The van der Waals surface area contributed by atoms with Gasteiger partial charge in [0, 0.05) is 0 Å². The Morgan fingerprint density at radius 2 is 1.33 bits per heavy atom. The molecule has 0 aromatic heterocycles. The summed E-state index contributed by atoms with van der Waals surface area (Å²) in [6.07, 6.45) is 0. The second kappa shape index (κ2) is 2.95. The first kappa shape index (κ1) is 12.1. The maximum atomic E-state index is 10.7. The van der Waals surface area contributed by atoms with Crippen molar-refractivity contribution in [3.63, 3.8) is 0 Å². The van der Waals surface area contributed by atoms with Crippen LogP contribution in [0.5, 0.6) is 0 Å². The van der Waals surface area contributed by atoms with E-state index >= 15 is 0 Å². The van der Waals surface area contributed by atoms with Gasteiger partial charge in [0.05, 0.1) is 0 Å². The Bertz CT molecular complexity index is 168. The van der Waals surface area contributed by atoms with Crippen LogP contribution in [-0.2, 0) is 10.1 Å². The molecule has 0 saturated heterocycles. The van der Waals surface area contributed by atoms with Crippen LogP contribution in [-0.4, -0.2) is 38.3 Å². The molecule has 0 aromatic carbocycles. The minimum atomic E-state index is -5.84. The molecule has 0 fully saturated rings. The zero-order chi connectivity index (χ0) is 7.00. The first-order chi connectivity index (χ1) is 3.25. The Morgan fingerprint density at radius 3 is 1.33 bits per heavy atom. The normalized spacial score (nSPS) is 12.4. The van der Waals surface area contributed by atoms with Gasteiger partial charge in [0.1, 0.15) is 0 Å². The third-order valence-electron chi connectivity index (χ3n) is 0.292. The van der Waals surface area contributed by atoms with Gasteiger partial charge in [-0.05, 0) is 0 Å². The first-order valence-electron chi connectivity index (χ1n) is 1.29. The number of alkyl halides is 3. The van der Waals surface area contributed by atoms with Crippen LogP contribution in [0.1, 0.15) is 0 Å². The van der Waals surface area contributed by atoms with E-state index in [2.05, 4.69) is 0 Å². The van der Waals surface area contributed by atoms with Gasteiger partial charge in [0.15, 0.2) is 0 Å². The first-order valence-corrected chi connectivity index (χ1v) is 2.73. The van der Waals surface area contributed by atoms with E-state index in [9.17, 15) is 13.2 Å². The van der Waals surface area contributed by atoms with E-state index in [-0.39, 0.29) is 19.8 Å². The van der Waals surface area contributed by atoms with Crippen molar-refractivity contribution < 1.29 is 26.1 Å². The molecule has 0 aromatic rings. The summed E-state index contributed by atoms with van der Waals surface area (Å²) in [5.41, 5.74) is -5.53. The Labute approximate surface area is 62.0 Å². The van der Waals surface area contributed by atoms with Crippen molar-refractivity contribution in [2.45, 2.75) is 5.51 Å². The van der Waals surface area contributed by atoms with Crippen LogP contribution < -0.4 is 0 Å². The summed E-state index contributed by atoms with van der Waals surface area (Å²) in [6.45, 7) is 0. The van der Waals surface area contributed by atoms with E-state index in [4.69, 9.17) is 13.0 Å². The molecule has 0 rings (SSSR count). The second-order valence-electron chi connectivity index (χ2n) is 0.921. The van der Waals surface area contributed by atoms with Crippen LogP contribution in [0.2, 0.25) is 0 Å². The molecule has 0 aliphatic rings. The van der Waals surface area contributed by atoms with E-state index in [0.717, 1.165) is 0 Å². The SMILES string of the molecule is O=S(=O)(O)C(F)(F)F.[GaH3]. The molecule has 0 radical (unpaired) electrons. The summed E-state index contributed by atoms with van der Waals surface area (Å²) in [5.74, 6) is 0. The van der Waals surface area contributed by atoms with Crippen molar-refractivity contribution in [1.29, 1.82) is 0 Å². The van der Waals surface area contributed by atoms with E-state index < -0.39 is 15.6 Å². The molecule has 0 bridgehead atoms. The maximum absolute atomic E-state index is 10.7. The van der Waals surface area contributed by atoms with E-state index in [1.807, 2.05) is 0 Å². The molecule has 3 nitrogen and oxygen atoms in total. The standard InChI is InChI=1S/CHF3O3S.Ga.3H/c2-1(3,4)8(5,6)7;;;;/h(H,5,6,7);;;;. The van der Waals surface area contributed by atoms with Gasteiger partial charge in [0.2, 0.25) is 0 Å². The predicted molar refractivity (Wildman–Crippen MR) is 27.5 cm³/mol. The zero-order valence-corrected chi connectivity index (χ0v) is 4.12. The predicted octanol–water partition coefficient (Wildman–Crippen LogP) is -0.790. The fourth-order valence-corrected chi connectivity index (χ4v) is 0. The van der Waals surface area contributed by atoms with Crippen LogP contribution in [0.4, 0.5) is 13.2 Å². The number of halogens is 3. The van der Waals surface area contributed by atoms with Gasteiger partial charge < -0.3 is 0 Å².